The predicted molar refractivity (Wildman–Crippen MR) is 172 cm³/mol. The summed E-state index contributed by atoms with van der Waals surface area (Å²) in [4.78, 5) is 4.22. The van der Waals surface area contributed by atoms with Crippen molar-refractivity contribution < 1.29 is 13.6 Å². The normalized spacial score (nSPS) is 23.9. The Morgan fingerprint density at radius 3 is 1.73 bits per heavy atom. The Labute approximate surface area is 243 Å². The van der Waals surface area contributed by atoms with E-state index < -0.39 is 16.6 Å². The van der Waals surface area contributed by atoms with Crippen LogP contribution in [0, 0.1) is 0 Å². The summed E-state index contributed by atoms with van der Waals surface area (Å²) in [5, 5.41) is 0. The Balaban J connectivity index is 2.67. The lowest BCUT2D eigenvalue weighted by atomic mass is 9.94. The topological polar surface area (TPSA) is 66.6 Å². The fourth-order valence-electron chi connectivity index (χ4n) is 7.54. The van der Waals surface area contributed by atoms with Crippen molar-refractivity contribution >= 4 is 44.9 Å². The molecule has 2 rings (SSSR count). The average Bonchev–Trinajstić information content (AvgIpc) is 2.79. The highest BCUT2D eigenvalue weighted by Gasteiger charge is 2.54. The largest absolute Gasteiger partial charge is 0.410 e. The van der Waals surface area contributed by atoms with Crippen molar-refractivity contribution in [3.63, 3.8) is 0 Å². The highest BCUT2D eigenvalue weighted by Crippen LogP contribution is 2.49. The lowest BCUT2D eigenvalue weighted by molar-refractivity contribution is -0.152. The van der Waals surface area contributed by atoms with Crippen molar-refractivity contribution in [1.29, 1.82) is 0 Å². The van der Waals surface area contributed by atoms with Gasteiger partial charge in [0.2, 0.25) is 16.6 Å². The van der Waals surface area contributed by atoms with Crippen LogP contribution < -0.4 is 5.73 Å². The van der Waals surface area contributed by atoms with Crippen LogP contribution in [0.2, 0.25) is 33.2 Å². The third-order valence-corrected chi connectivity index (χ3v) is 22.1. The number of hydrogen-bond donors (Lipinski definition) is 1. The quantitative estimate of drug-likeness (QED) is 0.137. The number of anilines is 1. The van der Waals surface area contributed by atoms with E-state index in [2.05, 4.69) is 111 Å². The third kappa shape index (κ3) is 6.67. The van der Waals surface area contributed by atoms with E-state index in [9.17, 15) is 0 Å². The third-order valence-electron chi connectivity index (χ3n) is 9.01. The molecule has 0 aromatic carbocycles. The molecule has 0 saturated carbocycles. The van der Waals surface area contributed by atoms with Crippen molar-refractivity contribution in [3.8, 4) is 0 Å². The van der Waals surface area contributed by atoms with Gasteiger partial charge in [0.15, 0.2) is 0 Å². The molecule has 4 atom stereocenters. The second-order valence-electron chi connectivity index (χ2n) is 12.9. The Bertz CT molecular complexity index is 807. The van der Waals surface area contributed by atoms with Gasteiger partial charge in [0.05, 0.1) is 36.3 Å². The van der Waals surface area contributed by atoms with Gasteiger partial charge in [-0.3, -0.25) is 4.98 Å². The van der Waals surface area contributed by atoms with E-state index in [0.717, 1.165) is 16.4 Å². The van der Waals surface area contributed by atoms with E-state index in [1.54, 1.807) is 6.20 Å². The second kappa shape index (κ2) is 13.6. The number of nitrogens with two attached hydrogens (primary N) is 1. The zero-order chi connectivity index (χ0) is 28.3. The van der Waals surface area contributed by atoms with Crippen molar-refractivity contribution in [2.45, 2.75) is 147 Å². The molecule has 1 saturated heterocycles. The second-order valence-corrected chi connectivity index (χ2v) is 24.6. The first-order valence-electron chi connectivity index (χ1n) is 14.4. The van der Waals surface area contributed by atoms with Crippen LogP contribution in [-0.2, 0) is 13.6 Å². The summed E-state index contributed by atoms with van der Waals surface area (Å²) in [5.41, 5.74) is 11.1. The Morgan fingerprint density at radius 1 is 0.865 bits per heavy atom. The fraction of sp³-hybridized carbons (Fsp3) is 0.828. The number of aromatic nitrogens is 1. The molecule has 0 aliphatic carbocycles. The molecule has 214 valence electrons. The molecule has 2 heterocycles. The number of hydrogen-bond acceptors (Lipinski definition) is 5. The summed E-state index contributed by atoms with van der Waals surface area (Å²) >= 11 is 2.47. The van der Waals surface area contributed by atoms with E-state index in [-0.39, 0.29) is 24.4 Å². The number of rotatable bonds is 12. The van der Waals surface area contributed by atoms with Gasteiger partial charge >= 0.3 is 0 Å². The SMILES string of the molecule is CC(C)[Si](O[C@@H]1[C@@H](CI)O[C@@H](c2ccncc2N)C[C@H]1O[Si](C(C)C)(C(C)C)C(C)C)(C(C)C)C(C)C. The maximum atomic E-state index is 7.58. The molecule has 37 heavy (non-hydrogen) atoms. The van der Waals surface area contributed by atoms with Gasteiger partial charge in [-0.2, -0.15) is 0 Å². The minimum atomic E-state index is -2.17. The van der Waals surface area contributed by atoms with Gasteiger partial charge in [-0.25, -0.2) is 0 Å². The average molecular weight is 663 g/mol. The molecule has 1 aliphatic rings. The molecule has 0 radical (unpaired) electrons. The maximum Gasteiger partial charge on any atom is 0.201 e. The van der Waals surface area contributed by atoms with Crippen LogP contribution in [0.15, 0.2) is 18.5 Å². The molecule has 0 spiro atoms. The molecule has 1 aromatic heterocycles. The highest BCUT2D eigenvalue weighted by atomic mass is 127. The Kier molecular flexibility index (Phi) is 12.2. The molecular weight excluding hydrogens is 607 g/mol. The van der Waals surface area contributed by atoms with Crippen molar-refractivity contribution in [2.75, 3.05) is 10.2 Å². The molecule has 0 unspecified atom stereocenters. The molecule has 1 fully saturated rings. The lowest BCUT2D eigenvalue weighted by Crippen LogP contribution is -2.61. The molecular formula is C29H55IN2O3Si2. The lowest BCUT2D eigenvalue weighted by Gasteiger charge is -2.53. The van der Waals surface area contributed by atoms with Crippen LogP contribution in [0.1, 0.15) is 101 Å². The van der Waals surface area contributed by atoms with Crippen LogP contribution >= 0.6 is 22.6 Å². The Morgan fingerprint density at radius 2 is 1.32 bits per heavy atom. The molecule has 8 heteroatoms. The van der Waals surface area contributed by atoms with E-state index in [0.29, 0.717) is 38.9 Å². The number of nitrogen functional groups attached to an aromatic ring is 1. The first kappa shape index (κ1) is 33.2. The van der Waals surface area contributed by atoms with E-state index in [1.165, 1.54) is 0 Å². The van der Waals surface area contributed by atoms with Gasteiger partial charge < -0.3 is 19.3 Å². The van der Waals surface area contributed by atoms with Crippen LogP contribution in [-0.4, -0.2) is 44.4 Å². The molecule has 1 aromatic rings. The van der Waals surface area contributed by atoms with Crippen LogP contribution in [0.25, 0.3) is 0 Å². The number of pyridine rings is 1. The first-order chi connectivity index (χ1) is 17.2. The first-order valence-corrected chi connectivity index (χ1v) is 20.2. The minimum Gasteiger partial charge on any atom is -0.410 e. The molecule has 1 aliphatic heterocycles. The summed E-state index contributed by atoms with van der Waals surface area (Å²) in [6.45, 7) is 28.4. The zero-order valence-corrected chi connectivity index (χ0v) is 29.7. The number of alkyl halides is 1. The maximum absolute atomic E-state index is 7.58. The molecule has 0 bridgehead atoms. The molecule has 2 N–H and O–H groups in total. The Hall–Kier alpha value is -0.00623. The van der Waals surface area contributed by atoms with E-state index in [1.807, 2.05) is 12.3 Å². The number of nitrogens with zero attached hydrogens (tertiary/aromatic N) is 1. The smallest absolute Gasteiger partial charge is 0.201 e. The van der Waals surface area contributed by atoms with Gasteiger partial charge in [-0.1, -0.05) is 106 Å². The van der Waals surface area contributed by atoms with Crippen LogP contribution in [0.4, 0.5) is 5.69 Å². The summed E-state index contributed by atoms with van der Waals surface area (Å²) in [7, 11) is -4.33. The minimum absolute atomic E-state index is 0.0342. The van der Waals surface area contributed by atoms with E-state index in [4.69, 9.17) is 19.3 Å². The standard InChI is InChI=1S/C29H55IN2O3Si2/c1-18(2)36(19(3)4,20(5)6)34-27-15-26(24-13-14-32-17-25(24)31)33-28(16-30)29(27)35-37(21(7)8,22(9)10)23(11)12/h13-14,17-23,26-29H,15-16,31H2,1-12H3/t26-,27-,28-,29+/m1/s1. The van der Waals surface area contributed by atoms with Gasteiger partial charge in [0.1, 0.15) is 0 Å². The van der Waals surface area contributed by atoms with Crippen molar-refractivity contribution in [1.82, 2.24) is 4.98 Å². The van der Waals surface area contributed by atoms with Gasteiger partial charge in [-0.15, -0.1) is 0 Å². The highest BCUT2D eigenvalue weighted by molar-refractivity contribution is 14.1. The predicted octanol–water partition coefficient (Wildman–Crippen LogP) is 9.05. The van der Waals surface area contributed by atoms with Crippen molar-refractivity contribution in [3.05, 3.63) is 24.0 Å². The van der Waals surface area contributed by atoms with Crippen molar-refractivity contribution in [2.24, 2.45) is 0 Å². The van der Waals surface area contributed by atoms with E-state index >= 15 is 0 Å². The number of halogens is 1. The van der Waals surface area contributed by atoms with Crippen LogP contribution in [0.3, 0.4) is 0 Å². The summed E-state index contributed by atoms with van der Waals surface area (Å²) < 4.78 is 22.8. The summed E-state index contributed by atoms with van der Waals surface area (Å²) in [6.07, 6.45) is 4.00. The van der Waals surface area contributed by atoms with Gasteiger partial charge in [-0.05, 0) is 39.3 Å². The number of ether oxygens (including phenoxy) is 1. The monoisotopic (exact) mass is 662 g/mol. The molecule has 5 nitrogen and oxygen atoms in total. The fourth-order valence-corrected chi connectivity index (χ4v) is 19.4. The summed E-state index contributed by atoms with van der Waals surface area (Å²) in [5.74, 6) is 0. The zero-order valence-electron chi connectivity index (χ0n) is 25.5. The van der Waals surface area contributed by atoms with Gasteiger partial charge in [0, 0.05) is 22.6 Å². The van der Waals surface area contributed by atoms with Crippen LogP contribution in [0.5, 0.6) is 0 Å². The summed E-state index contributed by atoms with van der Waals surface area (Å²) in [6, 6.07) is 2.01. The van der Waals surface area contributed by atoms with Gasteiger partial charge in [0.25, 0.3) is 0 Å². The molecule has 0 amide bonds.